The van der Waals surface area contributed by atoms with Crippen LogP contribution in [0.4, 0.5) is 11.4 Å². The molecular weight excluding hydrogens is 674 g/mol. The minimum absolute atomic E-state index is 0.0321. The summed E-state index contributed by atoms with van der Waals surface area (Å²) >= 11 is 3.21. The summed E-state index contributed by atoms with van der Waals surface area (Å²) in [5, 5.41) is 5.65. The summed E-state index contributed by atoms with van der Waals surface area (Å²) in [4.78, 5) is 14.1. The second-order valence-electron chi connectivity index (χ2n) is 13.3. The lowest BCUT2D eigenvalue weighted by molar-refractivity contribution is -0.438. The molecule has 0 radical (unpaired) electrons. The minimum atomic E-state index is -3.99. The minimum Gasteiger partial charge on any atom is -0.351 e. The SMILES string of the molecule is CCN1/C(=C/C=C/C=C/C2=[N+](CCCCS(=O)(=O)O)c3ccc4ccccc4c3C2(C)C)C(C)(C)c2cc(CNC(=O)CBr)ccc21. The van der Waals surface area contributed by atoms with Crippen LogP contribution < -0.4 is 10.2 Å². The Bertz CT molecular complexity index is 1920. The van der Waals surface area contributed by atoms with Crippen molar-refractivity contribution < 1.29 is 22.3 Å². The molecule has 9 heteroatoms. The lowest BCUT2D eigenvalue weighted by Gasteiger charge is -2.25. The maximum Gasteiger partial charge on any atom is 0.264 e. The van der Waals surface area contributed by atoms with Gasteiger partial charge in [0.1, 0.15) is 6.54 Å². The zero-order chi connectivity index (χ0) is 34.0. The van der Waals surface area contributed by atoms with Crippen molar-refractivity contribution >= 4 is 59.8 Å². The van der Waals surface area contributed by atoms with E-state index in [9.17, 15) is 17.8 Å². The van der Waals surface area contributed by atoms with E-state index in [2.05, 4.69) is 150 Å². The number of fused-ring (bicyclic) bond motifs is 4. The number of hydrogen-bond acceptors (Lipinski definition) is 4. The van der Waals surface area contributed by atoms with E-state index in [0.29, 0.717) is 25.9 Å². The molecular formula is C38H45BrN3O4S+. The van der Waals surface area contributed by atoms with E-state index in [0.717, 1.165) is 23.5 Å². The molecule has 0 fully saturated rings. The number of likely N-dealkylation sites (N-methyl/N-ethyl adjacent to an activating group) is 1. The molecule has 0 saturated heterocycles. The highest BCUT2D eigenvalue weighted by atomic mass is 79.9. The van der Waals surface area contributed by atoms with E-state index in [4.69, 9.17) is 0 Å². The number of benzene rings is 3. The van der Waals surface area contributed by atoms with Gasteiger partial charge < -0.3 is 10.2 Å². The molecule has 0 saturated carbocycles. The molecule has 2 heterocycles. The lowest BCUT2D eigenvalue weighted by atomic mass is 9.79. The highest BCUT2D eigenvalue weighted by Crippen LogP contribution is 2.48. The van der Waals surface area contributed by atoms with Gasteiger partial charge in [-0.3, -0.25) is 9.35 Å². The fourth-order valence-corrected chi connectivity index (χ4v) is 7.88. The van der Waals surface area contributed by atoms with Crippen LogP contribution in [-0.4, -0.2) is 53.3 Å². The molecule has 5 rings (SSSR count). The van der Waals surface area contributed by atoms with E-state index >= 15 is 0 Å². The Balaban J connectivity index is 1.42. The van der Waals surface area contributed by atoms with E-state index in [1.54, 1.807) is 0 Å². The third kappa shape index (κ3) is 7.17. The molecule has 2 N–H and O–H groups in total. The number of hydrogen-bond donors (Lipinski definition) is 2. The molecule has 1 amide bonds. The Labute approximate surface area is 287 Å². The number of carbonyl (C=O) groups is 1. The third-order valence-corrected chi connectivity index (χ3v) is 10.7. The van der Waals surface area contributed by atoms with Crippen molar-refractivity contribution in [1.29, 1.82) is 0 Å². The van der Waals surface area contributed by atoms with Crippen molar-refractivity contribution in [3.05, 3.63) is 107 Å². The predicted octanol–water partition coefficient (Wildman–Crippen LogP) is 7.71. The van der Waals surface area contributed by atoms with Crippen LogP contribution in [0.5, 0.6) is 0 Å². The molecule has 3 aromatic carbocycles. The predicted molar refractivity (Wildman–Crippen MR) is 197 cm³/mol. The van der Waals surface area contributed by atoms with Gasteiger partial charge in [0.2, 0.25) is 11.6 Å². The monoisotopic (exact) mass is 718 g/mol. The molecule has 0 aromatic heterocycles. The van der Waals surface area contributed by atoms with E-state index in [1.165, 1.54) is 33.3 Å². The summed E-state index contributed by atoms with van der Waals surface area (Å²) in [5.41, 5.74) is 7.81. The Morgan fingerprint density at radius 1 is 1.00 bits per heavy atom. The number of allylic oxidation sites excluding steroid dienone is 6. The van der Waals surface area contributed by atoms with E-state index in [-0.39, 0.29) is 27.8 Å². The summed E-state index contributed by atoms with van der Waals surface area (Å²) in [7, 11) is -3.99. The normalized spacial score (nSPS) is 17.8. The molecule has 2 aliphatic heterocycles. The molecule has 0 aliphatic carbocycles. The fourth-order valence-electron chi connectivity index (χ4n) is 7.11. The zero-order valence-corrected chi connectivity index (χ0v) is 30.3. The van der Waals surface area contributed by atoms with Crippen LogP contribution in [-0.2, 0) is 32.3 Å². The zero-order valence-electron chi connectivity index (χ0n) is 27.9. The number of rotatable bonds is 12. The molecule has 0 atom stereocenters. The summed E-state index contributed by atoms with van der Waals surface area (Å²) in [6.45, 7) is 13.1. The first-order chi connectivity index (χ1) is 22.3. The quantitative estimate of drug-likeness (QED) is 0.0659. The Kier molecular flexibility index (Phi) is 10.3. The van der Waals surface area contributed by atoms with Gasteiger partial charge >= 0.3 is 0 Å². The number of unbranched alkanes of at least 4 members (excludes halogenated alkanes) is 1. The van der Waals surface area contributed by atoms with Crippen LogP contribution in [0.1, 0.15) is 64.2 Å². The van der Waals surface area contributed by atoms with Gasteiger partial charge in [-0.2, -0.15) is 13.0 Å². The molecule has 0 bridgehead atoms. The molecule has 3 aromatic rings. The first-order valence-electron chi connectivity index (χ1n) is 16.2. The maximum absolute atomic E-state index is 11.8. The molecule has 2 aliphatic rings. The van der Waals surface area contributed by atoms with Crippen molar-refractivity contribution in [2.75, 3.05) is 29.1 Å². The van der Waals surface area contributed by atoms with Gasteiger partial charge in [0.25, 0.3) is 10.1 Å². The lowest BCUT2D eigenvalue weighted by Crippen LogP contribution is -2.28. The Hall–Kier alpha value is -3.53. The van der Waals surface area contributed by atoms with Gasteiger partial charge in [0.05, 0.1) is 16.5 Å². The van der Waals surface area contributed by atoms with E-state index < -0.39 is 10.1 Å². The number of nitrogens with one attached hydrogen (secondary N) is 1. The van der Waals surface area contributed by atoms with Gasteiger partial charge in [-0.1, -0.05) is 84.4 Å². The molecule has 7 nitrogen and oxygen atoms in total. The number of alkyl halides is 1. The third-order valence-electron chi connectivity index (χ3n) is 9.40. The second kappa shape index (κ2) is 13.9. The summed E-state index contributed by atoms with van der Waals surface area (Å²) < 4.78 is 34.3. The number of amides is 1. The Morgan fingerprint density at radius 2 is 1.77 bits per heavy atom. The topological polar surface area (TPSA) is 89.7 Å². The molecule has 0 unspecified atom stereocenters. The highest BCUT2D eigenvalue weighted by molar-refractivity contribution is 9.09. The number of carbonyl (C=O) groups excluding carboxylic acids is 1. The average Bonchev–Trinajstić information content (AvgIpc) is 3.39. The number of halogens is 1. The molecule has 0 spiro atoms. The smallest absolute Gasteiger partial charge is 0.264 e. The van der Waals surface area contributed by atoms with Crippen LogP contribution in [0.2, 0.25) is 0 Å². The largest absolute Gasteiger partial charge is 0.351 e. The Morgan fingerprint density at radius 3 is 2.49 bits per heavy atom. The van der Waals surface area contributed by atoms with Gasteiger partial charge in [0, 0.05) is 54.0 Å². The van der Waals surface area contributed by atoms with Crippen LogP contribution in [0.3, 0.4) is 0 Å². The maximum atomic E-state index is 11.8. The van der Waals surface area contributed by atoms with Gasteiger partial charge in [0.15, 0.2) is 5.71 Å². The summed E-state index contributed by atoms with van der Waals surface area (Å²) in [6.07, 6.45) is 11.6. The molecule has 47 heavy (non-hydrogen) atoms. The van der Waals surface area contributed by atoms with Crippen LogP contribution in [0.25, 0.3) is 10.8 Å². The number of anilines is 1. The summed E-state index contributed by atoms with van der Waals surface area (Å²) in [6, 6.07) is 19.2. The van der Waals surface area contributed by atoms with Crippen molar-refractivity contribution in [3.63, 3.8) is 0 Å². The van der Waals surface area contributed by atoms with E-state index in [1.807, 2.05) is 0 Å². The van der Waals surface area contributed by atoms with Crippen molar-refractivity contribution in [2.45, 2.75) is 64.8 Å². The standard InChI is InChI=1S/C38H44BrN3O4S/c1-6-41-31-20-18-27(26-40-35(43)25-39)24-30(31)37(2,3)33(41)16-8-7-9-17-34-38(4,5)36-29-15-11-10-14-28(29)19-21-32(36)42(34)22-12-13-23-47(44,45)46/h7-11,14-21,24H,6,12-13,22-23,25-26H2,1-5H3,(H-,40,43,44,45,46)/p+1. The van der Waals surface area contributed by atoms with Gasteiger partial charge in [-0.05, 0) is 67.3 Å². The van der Waals surface area contributed by atoms with Crippen LogP contribution in [0.15, 0.2) is 90.7 Å². The van der Waals surface area contributed by atoms with Gasteiger partial charge in [-0.15, -0.1) is 0 Å². The average molecular weight is 720 g/mol. The number of nitrogens with zero attached hydrogens (tertiary/aromatic N) is 2. The first-order valence-corrected chi connectivity index (χ1v) is 18.9. The van der Waals surface area contributed by atoms with Crippen LogP contribution in [0, 0.1) is 0 Å². The van der Waals surface area contributed by atoms with Crippen molar-refractivity contribution in [1.82, 2.24) is 5.32 Å². The summed E-state index contributed by atoms with van der Waals surface area (Å²) in [5.74, 6) is -0.267. The fraction of sp³-hybridized carbons (Fsp3) is 0.368. The van der Waals surface area contributed by atoms with Crippen LogP contribution >= 0.6 is 15.9 Å². The first kappa shape index (κ1) is 34.8. The highest BCUT2D eigenvalue weighted by Gasteiger charge is 2.45. The second-order valence-corrected chi connectivity index (χ2v) is 15.4. The van der Waals surface area contributed by atoms with Crippen molar-refractivity contribution in [2.24, 2.45) is 0 Å². The van der Waals surface area contributed by atoms with Crippen molar-refractivity contribution in [3.8, 4) is 0 Å². The van der Waals surface area contributed by atoms with Gasteiger partial charge in [-0.25, -0.2) is 0 Å². The molecule has 248 valence electrons.